The van der Waals surface area contributed by atoms with Gasteiger partial charge in [0.2, 0.25) is 5.91 Å². The number of anilines is 1. The van der Waals surface area contributed by atoms with Gasteiger partial charge in [-0.3, -0.25) is 9.69 Å². The fraction of sp³-hybridized carbons (Fsp3) is 0.667. The zero-order valence-electron chi connectivity index (χ0n) is 19.0. The molecule has 1 N–H and O–H groups in total. The summed E-state index contributed by atoms with van der Waals surface area (Å²) >= 11 is 6.17. The molecule has 32 heavy (non-hydrogen) atoms. The van der Waals surface area contributed by atoms with Crippen LogP contribution in [0.5, 0.6) is 11.5 Å². The third-order valence-corrected chi connectivity index (χ3v) is 8.56. The molecule has 11 heteroatoms. The summed E-state index contributed by atoms with van der Waals surface area (Å²) in [6.45, 7) is 1.87. The molecule has 1 aromatic rings. The second kappa shape index (κ2) is 11.0. The molecule has 0 spiro atoms. The van der Waals surface area contributed by atoms with E-state index in [0.717, 1.165) is 25.7 Å². The third kappa shape index (κ3) is 5.85. The summed E-state index contributed by atoms with van der Waals surface area (Å²) in [5, 5.41) is 3.18. The van der Waals surface area contributed by atoms with Crippen LogP contribution in [0.1, 0.15) is 32.1 Å². The van der Waals surface area contributed by atoms with E-state index in [1.807, 2.05) is 4.90 Å². The molecule has 3 rings (SSSR count). The van der Waals surface area contributed by atoms with Crippen molar-refractivity contribution in [3.05, 3.63) is 17.2 Å². The molecular formula is C21H33ClN4O5S. The van der Waals surface area contributed by atoms with E-state index in [9.17, 15) is 13.2 Å². The summed E-state index contributed by atoms with van der Waals surface area (Å²) in [7, 11) is 1.21. The third-order valence-electron chi connectivity index (χ3n) is 6.23. The Labute approximate surface area is 195 Å². The van der Waals surface area contributed by atoms with E-state index >= 15 is 0 Å². The maximum absolute atomic E-state index is 13.0. The summed E-state index contributed by atoms with van der Waals surface area (Å²) in [4.78, 5) is 14.5. The van der Waals surface area contributed by atoms with Gasteiger partial charge < -0.3 is 14.8 Å². The number of amides is 1. The minimum Gasteiger partial charge on any atom is -0.495 e. The van der Waals surface area contributed by atoms with Crippen molar-refractivity contribution in [1.29, 1.82) is 0 Å². The van der Waals surface area contributed by atoms with Gasteiger partial charge in [0.05, 0.1) is 31.5 Å². The highest BCUT2D eigenvalue weighted by atomic mass is 35.5. The van der Waals surface area contributed by atoms with E-state index < -0.39 is 10.2 Å². The number of methoxy groups -OCH3 is 2. The second-order valence-corrected chi connectivity index (χ2v) is 10.6. The molecule has 0 bridgehead atoms. The first kappa shape index (κ1) is 25.0. The van der Waals surface area contributed by atoms with E-state index in [2.05, 4.69) is 5.32 Å². The summed E-state index contributed by atoms with van der Waals surface area (Å²) in [6.07, 6.45) is 5.19. The molecule has 0 radical (unpaired) electrons. The molecule has 0 atom stereocenters. The van der Waals surface area contributed by atoms with Gasteiger partial charge in [-0.15, -0.1) is 0 Å². The first-order valence-electron chi connectivity index (χ1n) is 10.9. The van der Waals surface area contributed by atoms with Gasteiger partial charge in [0, 0.05) is 45.3 Å². The lowest BCUT2D eigenvalue weighted by Gasteiger charge is -2.38. The number of rotatable bonds is 8. The number of carbonyl (C=O) groups excluding carboxylic acids is 1. The fourth-order valence-electron chi connectivity index (χ4n) is 4.28. The molecule has 1 aliphatic carbocycles. The minimum absolute atomic E-state index is 0.0869. The number of halogens is 1. The van der Waals surface area contributed by atoms with Crippen LogP contribution in [0.4, 0.5) is 5.69 Å². The lowest BCUT2D eigenvalue weighted by Crippen LogP contribution is -2.55. The van der Waals surface area contributed by atoms with Crippen molar-refractivity contribution >= 4 is 33.4 Å². The standard InChI is InChI=1S/C21H33ClN4O5S/c1-24(16-7-5-4-6-8-16)32(28,29)26-11-9-25(10-12-26)15-21(27)23-18-13-17(22)19(30-2)14-20(18)31-3/h13-14,16H,4-12,15H2,1-3H3,(H,23,27). The quantitative estimate of drug-likeness (QED) is 0.604. The monoisotopic (exact) mass is 488 g/mol. The van der Waals surface area contributed by atoms with Gasteiger partial charge in [-0.25, -0.2) is 0 Å². The topological polar surface area (TPSA) is 91.4 Å². The van der Waals surface area contributed by atoms with Crippen LogP contribution in [-0.4, -0.2) is 87.9 Å². The van der Waals surface area contributed by atoms with Crippen LogP contribution in [0, 0.1) is 0 Å². The SMILES string of the molecule is COc1cc(OC)c(NC(=O)CN2CCN(S(=O)(=O)N(C)C3CCCCC3)CC2)cc1Cl. The number of hydrogen-bond acceptors (Lipinski definition) is 6. The summed E-state index contributed by atoms with van der Waals surface area (Å²) in [5.41, 5.74) is 0.457. The smallest absolute Gasteiger partial charge is 0.282 e. The van der Waals surface area contributed by atoms with E-state index in [-0.39, 0.29) is 18.5 Å². The first-order valence-corrected chi connectivity index (χ1v) is 12.7. The molecule has 180 valence electrons. The van der Waals surface area contributed by atoms with E-state index in [0.29, 0.717) is 48.4 Å². The molecule has 0 unspecified atom stereocenters. The van der Waals surface area contributed by atoms with Crippen molar-refractivity contribution in [2.24, 2.45) is 0 Å². The van der Waals surface area contributed by atoms with Gasteiger partial charge in [-0.05, 0) is 18.9 Å². The van der Waals surface area contributed by atoms with Crippen LogP contribution in [0.25, 0.3) is 0 Å². The number of nitrogens with zero attached hydrogens (tertiary/aromatic N) is 3. The van der Waals surface area contributed by atoms with Gasteiger partial charge in [0.25, 0.3) is 10.2 Å². The average Bonchev–Trinajstić information content (AvgIpc) is 2.79. The van der Waals surface area contributed by atoms with Gasteiger partial charge in [0.15, 0.2) is 0 Å². The molecular weight excluding hydrogens is 456 g/mol. The molecule has 1 saturated carbocycles. The fourth-order valence-corrected chi connectivity index (χ4v) is 6.10. The largest absolute Gasteiger partial charge is 0.495 e. The van der Waals surface area contributed by atoms with Crippen LogP contribution < -0.4 is 14.8 Å². The second-order valence-electron chi connectivity index (χ2n) is 8.23. The van der Waals surface area contributed by atoms with Gasteiger partial charge in [-0.2, -0.15) is 17.0 Å². The molecule has 1 aliphatic heterocycles. The molecule has 2 fully saturated rings. The summed E-state index contributed by atoms with van der Waals surface area (Å²) in [5.74, 6) is 0.679. The van der Waals surface area contributed by atoms with Crippen molar-refractivity contribution in [2.75, 3.05) is 59.3 Å². The molecule has 1 aromatic carbocycles. The Morgan fingerprint density at radius 2 is 1.72 bits per heavy atom. The molecule has 1 amide bonds. The molecule has 1 saturated heterocycles. The van der Waals surface area contributed by atoms with Crippen molar-refractivity contribution in [2.45, 2.75) is 38.1 Å². The Morgan fingerprint density at radius 3 is 2.31 bits per heavy atom. The van der Waals surface area contributed by atoms with Crippen molar-refractivity contribution in [1.82, 2.24) is 13.5 Å². The Hall–Kier alpha value is -1.59. The van der Waals surface area contributed by atoms with E-state index in [1.165, 1.54) is 24.9 Å². The lowest BCUT2D eigenvalue weighted by molar-refractivity contribution is -0.117. The molecule has 2 aliphatic rings. The van der Waals surface area contributed by atoms with Crippen molar-refractivity contribution in [3.63, 3.8) is 0 Å². The zero-order valence-corrected chi connectivity index (χ0v) is 20.5. The van der Waals surface area contributed by atoms with E-state index in [4.69, 9.17) is 21.1 Å². The Morgan fingerprint density at radius 1 is 1.09 bits per heavy atom. The molecule has 9 nitrogen and oxygen atoms in total. The van der Waals surface area contributed by atoms with Crippen LogP contribution in [0.2, 0.25) is 5.02 Å². The Bertz CT molecular complexity index is 900. The predicted molar refractivity (Wildman–Crippen MR) is 125 cm³/mol. The van der Waals surface area contributed by atoms with Crippen LogP contribution >= 0.6 is 11.6 Å². The highest BCUT2D eigenvalue weighted by molar-refractivity contribution is 7.86. The van der Waals surface area contributed by atoms with E-state index in [1.54, 1.807) is 23.5 Å². The van der Waals surface area contributed by atoms with Gasteiger partial charge in [-0.1, -0.05) is 30.9 Å². The zero-order chi connectivity index (χ0) is 23.3. The number of piperazine rings is 1. The number of carbonyl (C=O) groups is 1. The Kier molecular flexibility index (Phi) is 8.62. The minimum atomic E-state index is -3.49. The maximum Gasteiger partial charge on any atom is 0.282 e. The highest BCUT2D eigenvalue weighted by Gasteiger charge is 2.34. The van der Waals surface area contributed by atoms with Crippen LogP contribution in [0.15, 0.2) is 12.1 Å². The van der Waals surface area contributed by atoms with Crippen LogP contribution in [-0.2, 0) is 15.0 Å². The number of nitrogens with one attached hydrogen (secondary N) is 1. The highest BCUT2D eigenvalue weighted by Crippen LogP contribution is 2.35. The maximum atomic E-state index is 13.0. The first-order chi connectivity index (χ1) is 15.3. The number of ether oxygens (including phenoxy) is 2. The Balaban J connectivity index is 1.53. The summed E-state index contributed by atoms with van der Waals surface area (Å²) < 4.78 is 39.6. The number of hydrogen-bond donors (Lipinski definition) is 1. The van der Waals surface area contributed by atoms with Gasteiger partial charge in [0.1, 0.15) is 11.5 Å². The normalized spacial score (nSPS) is 19.2. The number of benzene rings is 1. The summed E-state index contributed by atoms with van der Waals surface area (Å²) in [6, 6.07) is 3.29. The van der Waals surface area contributed by atoms with Crippen LogP contribution in [0.3, 0.4) is 0 Å². The van der Waals surface area contributed by atoms with Crippen molar-refractivity contribution < 1.29 is 22.7 Å². The molecule has 1 heterocycles. The van der Waals surface area contributed by atoms with Crippen molar-refractivity contribution in [3.8, 4) is 11.5 Å². The predicted octanol–water partition coefficient (Wildman–Crippen LogP) is 2.42. The van der Waals surface area contributed by atoms with Gasteiger partial charge >= 0.3 is 0 Å². The average molecular weight is 489 g/mol. The molecule has 0 aromatic heterocycles. The lowest BCUT2D eigenvalue weighted by atomic mass is 9.96.